The minimum absolute atomic E-state index is 0.146. The summed E-state index contributed by atoms with van der Waals surface area (Å²) in [6.45, 7) is 8.37. The molecule has 0 saturated carbocycles. The monoisotopic (exact) mass is 435 g/mol. The van der Waals surface area contributed by atoms with Crippen LogP contribution in [0.2, 0.25) is 0 Å². The van der Waals surface area contributed by atoms with Gasteiger partial charge in [-0.15, -0.1) is 0 Å². The SMILES string of the molecule is Cc1nc(COc2ccccc2C(=O)NCCN2CCN(Cc3ccccc3)CC2)no1. The summed E-state index contributed by atoms with van der Waals surface area (Å²) < 4.78 is 10.7. The average molecular weight is 436 g/mol. The average Bonchev–Trinajstić information content (AvgIpc) is 3.25. The molecule has 2 aromatic carbocycles. The third-order valence-electron chi connectivity index (χ3n) is 5.49. The van der Waals surface area contributed by atoms with Crippen LogP contribution in [0.3, 0.4) is 0 Å². The van der Waals surface area contributed by atoms with Gasteiger partial charge in [-0.2, -0.15) is 4.98 Å². The summed E-state index contributed by atoms with van der Waals surface area (Å²) in [6.07, 6.45) is 0. The zero-order valence-electron chi connectivity index (χ0n) is 18.4. The number of aromatic nitrogens is 2. The van der Waals surface area contributed by atoms with Crippen molar-refractivity contribution in [3.8, 4) is 5.75 Å². The van der Waals surface area contributed by atoms with Crippen LogP contribution in [0, 0.1) is 6.92 Å². The smallest absolute Gasteiger partial charge is 0.255 e. The zero-order chi connectivity index (χ0) is 22.2. The predicted octanol–water partition coefficient (Wildman–Crippen LogP) is 2.50. The Morgan fingerprint density at radius 3 is 2.50 bits per heavy atom. The zero-order valence-corrected chi connectivity index (χ0v) is 18.4. The van der Waals surface area contributed by atoms with Crippen LogP contribution in [0.1, 0.15) is 27.6 Å². The molecule has 0 spiro atoms. The van der Waals surface area contributed by atoms with E-state index in [1.807, 2.05) is 12.1 Å². The molecule has 2 heterocycles. The molecule has 4 rings (SSSR count). The Bertz CT molecular complexity index is 1000. The quantitative estimate of drug-likeness (QED) is 0.553. The van der Waals surface area contributed by atoms with Crippen LogP contribution < -0.4 is 10.1 Å². The normalized spacial score (nSPS) is 14.9. The predicted molar refractivity (Wildman–Crippen MR) is 120 cm³/mol. The third-order valence-corrected chi connectivity index (χ3v) is 5.49. The summed E-state index contributed by atoms with van der Waals surface area (Å²) in [7, 11) is 0. The van der Waals surface area contributed by atoms with Crippen LogP contribution in [0.15, 0.2) is 59.1 Å². The Morgan fingerprint density at radius 2 is 1.75 bits per heavy atom. The minimum atomic E-state index is -0.146. The lowest BCUT2D eigenvalue weighted by Gasteiger charge is -2.34. The maximum absolute atomic E-state index is 12.7. The Balaban J connectivity index is 1.20. The largest absolute Gasteiger partial charge is 0.485 e. The highest BCUT2D eigenvalue weighted by Crippen LogP contribution is 2.19. The van der Waals surface area contributed by atoms with Gasteiger partial charge in [0, 0.05) is 52.7 Å². The molecule has 1 amide bonds. The van der Waals surface area contributed by atoms with E-state index in [1.54, 1.807) is 19.1 Å². The van der Waals surface area contributed by atoms with Gasteiger partial charge in [-0.25, -0.2) is 0 Å². The van der Waals surface area contributed by atoms with E-state index < -0.39 is 0 Å². The van der Waals surface area contributed by atoms with Crippen LogP contribution in [0.5, 0.6) is 5.75 Å². The molecule has 32 heavy (non-hydrogen) atoms. The first-order chi connectivity index (χ1) is 15.7. The number of nitrogens with one attached hydrogen (secondary N) is 1. The summed E-state index contributed by atoms with van der Waals surface area (Å²) >= 11 is 0. The molecule has 1 saturated heterocycles. The van der Waals surface area contributed by atoms with Crippen molar-refractivity contribution in [3.63, 3.8) is 0 Å². The van der Waals surface area contributed by atoms with E-state index in [9.17, 15) is 4.79 Å². The lowest BCUT2D eigenvalue weighted by atomic mass is 10.2. The molecule has 8 heteroatoms. The Hall–Kier alpha value is -3.23. The summed E-state index contributed by atoms with van der Waals surface area (Å²) in [5.74, 6) is 1.29. The molecular weight excluding hydrogens is 406 g/mol. The summed E-state index contributed by atoms with van der Waals surface area (Å²) in [6, 6.07) is 17.8. The molecule has 168 valence electrons. The van der Waals surface area contributed by atoms with Crippen molar-refractivity contribution in [2.45, 2.75) is 20.1 Å². The lowest BCUT2D eigenvalue weighted by Crippen LogP contribution is -2.48. The van der Waals surface area contributed by atoms with E-state index in [4.69, 9.17) is 9.26 Å². The maximum Gasteiger partial charge on any atom is 0.255 e. The van der Waals surface area contributed by atoms with E-state index >= 15 is 0 Å². The van der Waals surface area contributed by atoms with E-state index in [-0.39, 0.29) is 12.5 Å². The van der Waals surface area contributed by atoms with Gasteiger partial charge in [-0.05, 0) is 17.7 Å². The van der Waals surface area contributed by atoms with Crippen LogP contribution in [0.4, 0.5) is 0 Å². The van der Waals surface area contributed by atoms with Crippen molar-refractivity contribution in [3.05, 3.63) is 77.4 Å². The van der Waals surface area contributed by atoms with E-state index in [2.05, 4.69) is 55.6 Å². The number of ether oxygens (including phenoxy) is 1. The summed E-state index contributed by atoms with van der Waals surface area (Å²) in [4.78, 5) is 21.7. The molecule has 8 nitrogen and oxygen atoms in total. The highest BCUT2D eigenvalue weighted by molar-refractivity contribution is 5.96. The minimum Gasteiger partial charge on any atom is -0.485 e. The van der Waals surface area contributed by atoms with Crippen molar-refractivity contribution >= 4 is 5.91 Å². The Labute approximate surface area is 188 Å². The Kier molecular flexibility index (Phi) is 7.47. The topological polar surface area (TPSA) is 83.7 Å². The number of piperazine rings is 1. The number of rotatable bonds is 9. The van der Waals surface area contributed by atoms with E-state index in [0.29, 0.717) is 29.6 Å². The van der Waals surface area contributed by atoms with E-state index in [0.717, 1.165) is 39.3 Å². The second-order valence-corrected chi connectivity index (χ2v) is 7.87. The fraction of sp³-hybridized carbons (Fsp3) is 0.375. The first kappa shape index (κ1) is 22.0. The first-order valence-corrected chi connectivity index (χ1v) is 11.0. The van der Waals surface area contributed by atoms with Gasteiger partial charge in [0.25, 0.3) is 5.91 Å². The molecule has 1 aliphatic rings. The van der Waals surface area contributed by atoms with Crippen LogP contribution in [-0.4, -0.2) is 65.1 Å². The lowest BCUT2D eigenvalue weighted by molar-refractivity contribution is 0.0929. The molecule has 0 radical (unpaired) electrons. The Morgan fingerprint density at radius 1 is 1.03 bits per heavy atom. The van der Waals surface area contributed by atoms with Gasteiger partial charge in [-0.3, -0.25) is 14.6 Å². The van der Waals surface area contributed by atoms with Gasteiger partial charge in [0.1, 0.15) is 5.75 Å². The van der Waals surface area contributed by atoms with Crippen molar-refractivity contribution in [2.24, 2.45) is 0 Å². The van der Waals surface area contributed by atoms with Gasteiger partial charge < -0.3 is 14.6 Å². The van der Waals surface area contributed by atoms with Crippen LogP contribution >= 0.6 is 0 Å². The molecule has 0 aliphatic carbocycles. The molecule has 0 bridgehead atoms. The number of carbonyl (C=O) groups is 1. The second-order valence-electron chi connectivity index (χ2n) is 7.87. The highest BCUT2D eigenvalue weighted by atomic mass is 16.5. The molecule has 1 N–H and O–H groups in total. The molecule has 0 unspecified atom stereocenters. The molecule has 3 aromatic rings. The fourth-order valence-electron chi connectivity index (χ4n) is 3.76. The van der Waals surface area contributed by atoms with Crippen molar-refractivity contribution in [2.75, 3.05) is 39.3 Å². The molecule has 0 atom stereocenters. The van der Waals surface area contributed by atoms with Crippen molar-refractivity contribution < 1.29 is 14.1 Å². The highest BCUT2D eigenvalue weighted by Gasteiger charge is 2.18. The fourth-order valence-corrected chi connectivity index (χ4v) is 3.76. The third kappa shape index (κ3) is 6.15. The number of amides is 1. The number of para-hydroxylation sites is 1. The van der Waals surface area contributed by atoms with Crippen molar-refractivity contribution in [1.29, 1.82) is 0 Å². The molecule has 1 aromatic heterocycles. The van der Waals surface area contributed by atoms with Gasteiger partial charge >= 0.3 is 0 Å². The standard InChI is InChI=1S/C24H29N5O3/c1-19-26-23(27-32-19)18-31-22-10-6-5-9-21(22)24(30)25-11-12-28-13-15-29(16-14-28)17-20-7-3-2-4-8-20/h2-10H,11-18H2,1H3,(H,25,30). The molecular formula is C24H29N5O3. The van der Waals surface area contributed by atoms with Gasteiger partial charge in [0.05, 0.1) is 5.56 Å². The second kappa shape index (κ2) is 10.9. The molecule has 1 aliphatic heterocycles. The summed E-state index contributed by atoms with van der Waals surface area (Å²) in [5, 5.41) is 6.83. The van der Waals surface area contributed by atoms with E-state index in [1.165, 1.54) is 5.56 Å². The molecule has 1 fully saturated rings. The number of benzene rings is 2. The van der Waals surface area contributed by atoms with Gasteiger partial charge in [0.2, 0.25) is 11.7 Å². The van der Waals surface area contributed by atoms with Gasteiger partial charge in [0.15, 0.2) is 6.61 Å². The number of hydrogen-bond acceptors (Lipinski definition) is 7. The number of hydrogen-bond donors (Lipinski definition) is 1. The van der Waals surface area contributed by atoms with Crippen LogP contribution in [0.25, 0.3) is 0 Å². The van der Waals surface area contributed by atoms with Crippen molar-refractivity contribution in [1.82, 2.24) is 25.3 Å². The van der Waals surface area contributed by atoms with Gasteiger partial charge in [-0.1, -0.05) is 47.6 Å². The number of aryl methyl sites for hydroxylation is 1. The number of carbonyl (C=O) groups excluding carboxylic acids is 1. The van der Waals surface area contributed by atoms with Crippen LogP contribution in [-0.2, 0) is 13.2 Å². The maximum atomic E-state index is 12.7. The summed E-state index contributed by atoms with van der Waals surface area (Å²) in [5.41, 5.74) is 1.85. The first-order valence-electron chi connectivity index (χ1n) is 11.0. The number of nitrogens with zero attached hydrogens (tertiary/aromatic N) is 4.